The smallest absolute Gasteiger partial charge is 0.225 e. The maximum absolute atomic E-state index is 11.9. The van der Waals surface area contributed by atoms with Crippen molar-refractivity contribution in [2.45, 2.75) is 33.1 Å². The van der Waals surface area contributed by atoms with E-state index in [1.54, 1.807) is 4.90 Å². The van der Waals surface area contributed by atoms with Crippen LogP contribution in [0.25, 0.3) is 0 Å². The van der Waals surface area contributed by atoms with Crippen LogP contribution in [0.15, 0.2) is 0 Å². The lowest BCUT2D eigenvalue weighted by atomic mass is 10.0. The fraction of sp³-hybridized carbons (Fsp3) is 0.909. The number of nitrogens with zero attached hydrogens (tertiary/aromatic N) is 1. The summed E-state index contributed by atoms with van der Waals surface area (Å²) < 4.78 is 0. The van der Waals surface area contributed by atoms with Crippen LogP contribution in [-0.4, -0.2) is 42.2 Å². The zero-order valence-corrected chi connectivity index (χ0v) is 9.91. The Balaban J connectivity index is 4.08. The summed E-state index contributed by atoms with van der Waals surface area (Å²) in [6.45, 7) is 5.80. The van der Waals surface area contributed by atoms with Crippen molar-refractivity contribution in [1.29, 1.82) is 0 Å². The van der Waals surface area contributed by atoms with Gasteiger partial charge in [0.25, 0.3) is 0 Å². The van der Waals surface area contributed by atoms with Crippen LogP contribution in [0.2, 0.25) is 0 Å². The van der Waals surface area contributed by atoms with Crippen LogP contribution in [0, 0.1) is 5.92 Å². The molecule has 0 aliphatic rings. The van der Waals surface area contributed by atoms with E-state index in [1.165, 1.54) is 0 Å². The van der Waals surface area contributed by atoms with Crippen molar-refractivity contribution in [2.24, 2.45) is 11.7 Å². The Bertz CT molecular complexity index is 168. The third kappa shape index (κ3) is 5.74. The van der Waals surface area contributed by atoms with Crippen LogP contribution in [0.3, 0.4) is 0 Å². The lowest BCUT2D eigenvalue weighted by Crippen LogP contribution is -2.37. The minimum atomic E-state index is 0.0200. The number of rotatable bonds is 8. The quantitative estimate of drug-likeness (QED) is 0.624. The normalized spacial score (nSPS) is 12.5. The third-order valence-corrected chi connectivity index (χ3v) is 2.44. The molecule has 0 bridgehead atoms. The molecule has 4 nitrogen and oxygen atoms in total. The van der Waals surface area contributed by atoms with Gasteiger partial charge < -0.3 is 15.7 Å². The van der Waals surface area contributed by atoms with Crippen molar-refractivity contribution < 1.29 is 9.90 Å². The Morgan fingerprint density at radius 1 is 1.47 bits per heavy atom. The summed E-state index contributed by atoms with van der Waals surface area (Å²) in [6, 6.07) is 0. The Labute approximate surface area is 92.4 Å². The third-order valence-electron chi connectivity index (χ3n) is 2.44. The number of carbonyl (C=O) groups is 1. The van der Waals surface area contributed by atoms with E-state index in [1.807, 2.05) is 13.8 Å². The average Bonchev–Trinajstić information content (AvgIpc) is 2.24. The van der Waals surface area contributed by atoms with Gasteiger partial charge in [-0.1, -0.05) is 13.8 Å². The van der Waals surface area contributed by atoms with Crippen LogP contribution < -0.4 is 5.73 Å². The summed E-state index contributed by atoms with van der Waals surface area (Å²) >= 11 is 0. The van der Waals surface area contributed by atoms with Crippen LogP contribution in [0.4, 0.5) is 0 Å². The highest BCUT2D eigenvalue weighted by molar-refractivity contribution is 5.78. The van der Waals surface area contributed by atoms with Crippen LogP contribution in [-0.2, 0) is 4.79 Å². The zero-order chi connectivity index (χ0) is 11.7. The van der Waals surface area contributed by atoms with Crippen molar-refractivity contribution in [3.8, 4) is 0 Å². The van der Waals surface area contributed by atoms with Crippen LogP contribution >= 0.6 is 0 Å². The van der Waals surface area contributed by atoms with Crippen LogP contribution in [0.5, 0.6) is 0 Å². The number of nitrogens with two attached hydrogens (primary N) is 1. The van der Waals surface area contributed by atoms with Gasteiger partial charge in [-0.05, 0) is 25.8 Å². The Morgan fingerprint density at radius 2 is 2.13 bits per heavy atom. The molecule has 0 aromatic carbocycles. The first kappa shape index (κ1) is 14.4. The number of aliphatic hydroxyl groups excluding tert-OH is 1. The number of amides is 1. The van der Waals surface area contributed by atoms with Crippen molar-refractivity contribution in [3.63, 3.8) is 0 Å². The Kier molecular flexibility index (Phi) is 8.33. The maximum Gasteiger partial charge on any atom is 0.225 e. The minimum absolute atomic E-state index is 0.0200. The number of carbonyl (C=O) groups excluding carboxylic acids is 1. The summed E-state index contributed by atoms with van der Waals surface area (Å²) in [5, 5.41) is 8.86. The highest BCUT2D eigenvalue weighted by Crippen LogP contribution is 2.09. The van der Waals surface area contributed by atoms with Gasteiger partial charge in [-0.15, -0.1) is 0 Å². The summed E-state index contributed by atoms with van der Waals surface area (Å²) in [4.78, 5) is 13.6. The predicted molar refractivity (Wildman–Crippen MR) is 61.4 cm³/mol. The van der Waals surface area contributed by atoms with E-state index in [0.29, 0.717) is 13.1 Å². The highest BCUT2D eigenvalue weighted by atomic mass is 16.3. The second-order valence-electron chi connectivity index (χ2n) is 3.88. The van der Waals surface area contributed by atoms with E-state index in [2.05, 4.69) is 0 Å². The molecular formula is C11H24N2O2. The molecule has 15 heavy (non-hydrogen) atoms. The Hall–Kier alpha value is -0.610. The van der Waals surface area contributed by atoms with Crippen molar-refractivity contribution in [2.75, 3.05) is 26.2 Å². The largest absolute Gasteiger partial charge is 0.395 e. The van der Waals surface area contributed by atoms with E-state index < -0.39 is 0 Å². The molecule has 0 aliphatic carbocycles. The van der Waals surface area contributed by atoms with Gasteiger partial charge in [-0.2, -0.15) is 0 Å². The summed E-state index contributed by atoms with van der Waals surface area (Å²) in [6.07, 6.45) is 2.64. The number of aliphatic hydroxyl groups is 1. The van der Waals surface area contributed by atoms with E-state index in [0.717, 1.165) is 25.8 Å². The first-order valence-corrected chi connectivity index (χ1v) is 5.77. The van der Waals surface area contributed by atoms with Gasteiger partial charge in [0.1, 0.15) is 0 Å². The predicted octanol–water partition coefficient (Wildman–Crippen LogP) is 0.592. The molecule has 0 heterocycles. The molecule has 1 atom stereocenters. The first-order valence-electron chi connectivity index (χ1n) is 5.77. The van der Waals surface area contributed by atoms with E-state index in [4.69, 9.17) is 10.8 Å². The molecule has 0 saturated heterocycles. The maximum atomic E-state index is 11.9. The molecule has 1 unspecified atom stereocenters. The topological polar surface area (TPSA) is 66.6 Å². The van der Waals surface area contributed by atoms with Gasteiger partial charge in [-0.25, -0.2) is 0 Å². The molecule has 0 spiro atoms. The fourth-order valence-corrected chi connectivity index (χ4v) is 1.58. The molecule has 90 valence electrons. The van der Waals surface area contributed by atoms with E-state index >= 15 is 0 Å². The molecule has 0 fully saturated rings. The van der Waals surface area contributed by atoms with Gasteiger partial charge in [0.15, 0.2) is 0 Å². The molecule has 4 heteroatoms. The van der Waals surface area contributed by atoms with Gasteiger partial charge in [0, 0.05) is 19.0 Å². The first-order chi connectivity index (χ1) is 7.17. The highest BCUT2D eigenvalue weighted by Gasteiger charge is 2.18. The molecule has 0 aromatic heterocycles. The molecule has 3 N–H and O–H groups in total. The number of hydrogen-bond acceptors (Lipinski definition) is 3. The zero-order valence-electron chi connectivity index (χ0n) is 9.91. The molecule has 0 aromatic rings. The molecule has 0 rings (SSSR count). The molecule has 0 radical (unpaired) electrons. The van der Waals surface area contributed by atoms with Crippen molar-refractivity contribution >= 4 is 5.91 Å². The lowest BCUT2D eigenvalue weighted by Gasteiger charge is -2.24. The summed E-state index contributed by atoms with van der Waals surface area (Å²) in [5.74, 6) is 0.158. The standard InChI is InChI=1S/C11H24N2O2/c1-3-7-13(8-9-14)11(15)10(2)5-4-6-12/h10,14H,3-9,12H2,1-2H3. The molecular weight excluding hydrogens is 192 g/mol. The van der Waals surface area contributed by atoms with E-state index in [-0.39, 0.29) is 18.4 Å². The van der Waals surface area contributed by atoms with E-state index in [9.17, 15) is 4.79 Å². The molecule has 0 aliphatic heterocycles. The lowest BCUT2D eigenvalue weighted by molar-refractivity contribution is -0.135. The minimum Gasteiger partial charge on any atom is -0.395 e. The average molecular weight is 216 g/mol. The molecule has 0 saturated carbocycles. The van der Waals surface area contributed by atoms with Gasteiger partial charge >= 0.3 is 0 Å². The second-order valence-corrected chi connectivity index (χ2v) is 3.88. The van der Waals surface area contributed by atoms with Gasteiger partial charge in [0.2, 0.25) is 5.91 Å². The SMILES string of the molecule is CCCN(CCO)C(=O)C(C)CCCN. The fourth-order valence-electron chi connectivity index (χ4n) is 1.58. The summed E-state index contributed by atoms with van der Waals surface area (Å²) in [7, 11) is 0. The van der Waals surface area contributed by atoms with Gasteiger partial charge in [0.05, 0.1) is 6.61 Å². The van der Waals surface area contributed by atoms with Crippen molar-refractivity contribution in [3.05, 3.63) is 0 Å². The summed E-state index contributed by atoms with van der Waals surface area (Å²) in [5.41, 5.74) is 5.41. The Morgan fingerprint density at radius 3 is 2.60 bits per heavy atom. The molecule has 1 amide bonds. The second kappa shape index (κ2) is 8.68. The van der Waals surface area contributed by atoms with Crippen molar-refractivity contribution in [1.82, 2.24) is 4.90 Å². The monoisotopic (exact) mass is 216 g/mol. The van der Waals surface area contributed by atoms with Gasteiger partial charge in [-0.3, -0.25) is 4.79 Å². The number of hydrogen-bond donors (Lipinski definition) is 2. The van der Waals surface area contributed by atoms with Crippen LogP contribution in [0.1, 0.15) is 33.1 Å².